The normalized spacial score (nSPS) is 21.0. The molecule has 1 atom stereocenters. The fraction of sp³-hybridized carbons (Fsp3) is 0.462. The van der Waals surface area contributed by atoms with E-state index in [4.69, 9.17) is 11.6 Å². The Hall–Kier alpha value is -1.18. The topological polar surface area (TPSA) is 74.7 Å². The Morgan fingerprint density at radius 2 is 2.05 bits per heavy atom. The van der Waals surface area contributed by atoms with Gasteiger partial charge in [0, 0.05) is 6.54 Å². The van der Waals surface area contributed by atoms with E-state index in [0.717, 1.165) is 28.9 Å². The number of rotatable bonds is 3. The molecule has 116 valence electrons. The zero-order chi connectivity index (χ0) is 15.6. The second-order valence-corrected chi connectivity index (χ2v) is 7.19. The van der Waals surface area contributed by atoms with E-state index in [-0.39, 0.29) is 22.9 Å². The van der Waals surface area contributed by atoms with Crippen LogP contribution in [0.5, 0.6) is 0 Å². The Morgan fingerprint density at radius 3 is 2.67 bits per heavy atom. The summed E-state index contributed by atoms with van der Waals surface area (Å²) < 4.78 is 39.3. The van der Waals surface area contributed by atoms with Crippen LogP contribution in [-0.2, 0) is 14.8 Å². The molecule has 0 amide bonds. The monoisotopic (exact) mass is 335 g/mol. The number of carboxylic acid groups (broad SMARTS) is 1. The molecule has 1 fully saturated rings. The minimum atomic E-state index is -4.02. The summed E-state index contributed by atoms with van der Waals surface area (Å²) in [4.78, 5) is 11.1. The van der Waals surface area contributed by atoms with Gasteiger partial charge in [-0.3, -0.25) is 4.79 Å². The van der Waals surface area contributed by atoms with Crippen molar-refractivity contribution < 1.29 is 22.7 Å². The average molecular weight is 336 g/mol. The summed E-state index contributed by atoms with van der Waals surface area (Å²) >= 11 is 5.62. The molecule has 0 radical (unpaired) electrons. The van der Waals surface area contributed by atoms with Gasteiger partial charge in [-0.2, -0.15) is 4.31 Å². The fourth-order valence-corrected chi connectivity index (χ4v) is 4.31. The van der Waals surface area contributed by atoms with Gasteiger partial charge in [-0.05, 0) is 31.0 Å². The first-order chi connectivity index (χ1) is 9.84. The molecule has 1 aliphatic heterocycles. The molecule has 8 heteroatoms. The van der Waals surface area contributed by atoms with Gasteiger partial charge in [-0.1, -0.05) is 24.4 Å². The van der Waals surface area contributed by atoms with Crippen molar-refractivity contribution in [3.05, 3.63) is 29.0 Å². The summed E-state index contributed by atoms with van der Waals surface area (Å²) in [6, 6.07) is 1.97. The first kappa shape index (κ1) is 16.2. The second kappa shape index (κ2) is 6.29. The molecule has 1 N–H and O–H groups in total. The van der Waals surface area contributed by atoms with Crippen LogP contribution in [0.3, 0.4) is 0 Å². The standard InChI is InChI=1S/C13H15ClFNO4S/c14-10-8-9(5-6-11(10)15)21(19,20)16-7-3-1-2-4-12(16)13(17)18/h5-6,8,12H,1-4,7H2,(H,17,18). The molecule has 1 unspecified atom stereocenters. The fourth-order valence-electron chi connectivity index (χ4n) is 2.39. The van der Waals surface area contributed by atoms with E-state index in [0.29, 0.717) is 12.8 Å². The van der Waals surface area contributed by atoms with Crippen LogP contribution in [0.4, 0.5) is 4.39 Å². The maximum Gasteiger partial charge on any atom is 0.322 e. The average Bonchev–Trinajstić information content (AvgIpc) is 2.67. The van der Waals surface area contributed by atoms with Crippen LogP contribution in [-0.4, -0.2) is 36.4 Å². The van der Waals surface area contributed by atoms with Crippen LogP contribution >= 0.6 is 11.6 Å². The molecule has 5 nitrogen and oxygen atoms in total. The van der Waals surface area contributed by atoms with Crippen molar-refractivity contribution in [3.63, 3.8) is 0 Å². The zero-order valence-electron chi connectivity index (χ0n) is 11.1. The smallest absolute Gasteiger partial charge is 0.322 e. The predicted octanol–water partition coefficient (Wildman–Crippen LogP) is 2.50. The zero-order valence-corrected chi connectivity index (χ0v) is 12.7. The van der Waals surface area contributed by atoms with E-state index in [1.54, 1.807) is 0 Å². The van der Waals surface area contributed by atoms with Gasteiger partial charge in [-0.25, -0.2) is 12.8 Å². The Morgan fingerprint density at radius 1 is 1.33 bits per heavy atom. The van der Waals surface area contributed by atoms with Crippen LogP contribution < -0.4 is 0 Å². The predicted molar refractivity (Wildman–Crippen MR) is 75.2 cm³/mol. The largest absolute Gasteiger partial charge is 0.480 e. The van der Waals surface area contributed by atoms with Crippen LogP contribution in [0.1, 0.15) is 25.7 Å². The number of hydrogen-bond acceptors (Lipinski definition) is 3. The van der Waals surface area contributed by atoms with Gasteiger partial charge in [-0.15, -0.1) is 0 Å². The van der Waals surface area contributed by atoms with Crippen molar-refractivity contribution in [1.82, 2.24) is 4.31 Å². The quantitative estimate of drug-likeness (QED) is 0.921. The van der Waals surface area contributed by atoms with Gasteiger partial charge in [0.05, 0.1) is 9.92 Å². The van der Waals surface area contributed by atoms with E-state index < -0.39 is 27.9 Å². The lowest BCUT2D eigenvalue weighted by Crippen LogP contribution is -2.44. The summed E-state index contributed by atoms with van der Waals surface area (Å²) in [6.45, 7) is 0.133. The van der Waals surface area contributed by atoms with Gasteiger partial charge in [0.1, 0.15) is 11.9 Å². The number of hydrogen-bond donors (Lipinski definition) is 1. The first-order valence-corrected chi connectivity index (χ1v) is 8.35. The van der Waals surface area contributed by atoms with Crippen molar-refractivity contribution in [1.29, 1.82) is 0 Å². The molecule has 1 aliphatic rings. The number of nitrogens with zero attached hydrogens (tertiary/aromatic N) is 1. The van der Waals surface area contributed by atoms with E-state index in [2.05, 4.69) is 0 Å². The molecule has 1 heterocycles. The maximum atomic E-state index is 13.2. The summed E-state index contributed by atoms with van der Waals surface area (Å²) in [5, 5.41) is 8.94. The van der Waals surface area contributed by atoms with Crippen LogP contribution in [0.25, 0.3) is 0 Å². The molecule has 0 aromatic heterocycles. The molecule has 0 aliphatic carbocycles. The van der Waals surface area contributed by atoms with Crippen LogP contribution in [0, 0.1) is 5.82 Å². The second-order valence-electron chi connectivity index (χ2n) is 4.90. The molecule has 2 rings (SSSR count). The van der Waals surface area contributed by atoms with E-state index >= 15 is 0 Å². The van der Waals surface area contributed by atoms with Gasteiger partial charge < -0.3 is 5.11 Å². The summed E-state index contributed by atoms with van der Waals surface area (Å²) in [6.07, 6.45) is 2.30. The lowest BCUT2D eigenvalue weighted by Gasteiger charge is -2.26. The third-order valence-electron chi connectivity index (χ3n) is 3.49. The Kier molecular flexibility index (Phi) is 4.85. The highest BCUT2D eigenvalue weighted by molar-refractivity contribution is 7.89. The third kappa shape index (κ3) is 3.36. The molecular weight excluding hydrogens is 321 g/mol. The van der Waals surface area contributed by atoms with Crippen LogP contribution in [0.2, 0.25) is 5.02 Å². The number of carbonyl (C=O) groups is 1. The number of carboxylic acids is 1. The van der Waals surface area contributed by atoms with E-state index in [9.17, 15) is 22.7 Å². The van der Waals surface area contributed by atoms with Gasteiger partial charge in [0.2, 0.25) is 10.0 Å². The SMILES string of the molecule is O=C(O)C1CCCCCN1S(=O)(=O)c1ccc(F)c(Cl)c1. The van der Waals surface area contributed by atoms with Crippen molar-refractivity contribution in [2.45, 2.75) is 36.6 Å². The highest BCUT2D eigenvalue weighted by Gasteiger charge is 2.36. The van der Waals surface area contributed by atoms with E-state index in [1.165, 1.54) is 0 Å². The molecule has 1 aromatic rings. The van der Waals surface area contributed by atoms with Gasteiger partial charge >= 0.3 is 5.97 Å². The molecule has 0 spiro atoms. The molecule has 0 bridgehead atoms. The van der Waals surface area contributed by atoms with Crippen LogP contribution in [0.15, 0.2) is 23.1 Å². The van der Waals surface area contributed by atoms with Gasteiger partial charge in [0.15, 0.2) is 0 Å². The minimum Gasteiger partial charge on any atom is -0.480 e. The summed E-state index contributed by atoms with van der Waals surface area (Å²) in [5.41, 5.74) is 0. The highest BCUT2D eigenvalue weighted by Crippen LogP contribution is 2.27. The Bertz CT molecular complexity index is 650. The van der Waals surface area contributed by atoms with Crippen molar-refractivity contribution >= 4 is 27.6 Å². The summed E-state index contributed by atoms with van der Waals surface area (Å²) in [7, 11) is -4.02. The van der Waals surface area contributed by atoms with Crippen molar-refractivity contribution in [2.75, 3.05) is 6.54 Å². The number of aliphatic carboxylic acids is 1. The lowest BCUT2D eigenvalue weighted by atomic mass is 10.1. The highest BCUT2D eigenvalue weighted by atomic mass is 35.5. The number of benzene rings is 1. The lowest BCUT2D eigenvalue weighted by molar-refractivity contribution is -0.141. The molecular formula is C13H15ClFNO4S. The van der Waals surface area contributed by atoms with Crippen molar-refractivity contribution in [3.8, 4) is 0 Å². The maximum absolute atomic E-state index is 13.2. The number of sulfonamides is 1. The Labute approximate surface area is 127 Å². The third-order valence-corrected chi connectivity index (χ3v) is 5.68. The minimum absolute atomic E-state index is 0.133. The summed E-state index contributed by atoms with van der Waals surface area (Å²) in [5.74, 6) is -1.89. The molecule has 1 saturated heterocycles. The van der Waals surface area contributed by atoms with E-state index in [1.807, 2.05) is 0 Å². The van der Waals surface area contributed by atoms with Gasteiger partial charge in [0.25, 0.3) is 0 Å². The number of halogens is 2. The molecule has 1 aromatic carbocycles. The Balaban J connectivity index is 2.43. The first-order valence-electron chi connectivity index (χ1n) is 6.54. The van der Waals surface area contributed by atoms with Crippen molar-refractivity contribution in [2.24, 2.45) is 0 Å². The molecule has 21 heavy (non-hydrogen) atoms. The molecule has 0 saturated carbocycles.